The molecule has 4 rings (SSSR count). The van der Waals surface area contributed by atoms with Gasteiger partial charge in [0.25, 0.3) is 10.0 Å². The fourth-order valence-corrected chi connectivity index (χ4v) is 10.4. The van der Waals surface area contributed by atoms with Gasteiger partial charge in [-0.3, -0.25) is 0 Å². The van der Waals surface area contributed by atoms with E-state index in [9.17, 15) is 21.9 Å². The van der Waals surface area contributed by atoms with E-state index in [0.29, 0.717) is 18.3 Å². The van der Waals surface area contributed by atoms with Crippen molar-refractivity contribution in [1.29, 1.82) is 0 Å². The molecule has 4 atom stereocenters. The second-order valence-corrected chi connectivity index (χ2v) is 16.0. The molecule has 0 saturated carbocycles. The lowest BCUT2D eigenvalue weighted by Gasteiger charge is -2.43. The Hall–Kier alpha value is -1.23. The SMILES string of the molecule is CC(C)(C)[C@@H]1C[C@H](CO)CN(c2cccc(S(=O)(=O)N3C[C@@]4(C)CS(=O)(=O)C[C@@]4(C)C3)n2)C1. The number of sulfonamides is 1. The van der Waals surface area contributed by atoms with Crippen LogP contribution in [0, 0.1) is 28.1 Å². The zero-order chi connectivity index (χ0) is 24.4. The fourth-order valence-electron chi connectivity index (χ4n) is 5.85. The molecule has 33 heavy (non-hydrogen) atoms. The van der Waals surface area contributed by atoms with Crippen molar-refractivity contribution in [3.8, 4) is 0 Å². The maximum Gasteiger partial charge on any atom is 0.260 e. The van der Waals surface area contributed by atoms with E-state index in [1.807, 2.05) is 19.9 Å². The number of aromatic nitrogens is 1. The predicted octanol–water partition coefficient (Wildman–Crippen LogP) is 2.01. The lowest BCUT2D eigenvalue weighted by atomic mass is 9.71. The molecule has 186 valence electrons. The molecule has 4 heterocycles. The van der Waals surface area contributed by atoms with Crippen molar-refractivity contribution < 1.29 is 21.9 Å². The minimum absolute atomic E-state index is 0.00605. The number of aliphatic hydroxyl groups excluding tert-OH is 1. The molecule has 0 aliphatic carbocycles. The van der Waals surface area contributed by atoms with Crippen LogP contribution in [0.25, 0.3) is 0 Å². The highest BCUT2D eigenvalue weighted by Gasteiger charge is 2.62. The van der Waals surface area contributed by atoms with Crippen LogP contribution in [-0.2, 0) is 19.9 Å². The van der Waals surface area contributed by atoms with Crippen LogP contribution in [0.2, 0.25) is 0 Å². The third-order valence-electron chi connectivity index (χ3n) is 8.24. The molecule has 1 N–H and O–H groups in total. The minimum atomic E-state index is -3.87. The van der Waals surface area contributed by atoms with E-state index in [1.54, 1.807) is 6.07 Å². The minimum Gasteiger partial charge on any atom is -0.396 e. The van der Waals surface area contributed by atoms with Crippen molar-refractivity contribution >= 4 is 25.7 Å². The molecule has 10 heteroatoms. The average molecular weight is 500 g/mol. The quantitative estimate of drug-likeness (QED) is 0.675. The van der Waals surface area contributed by atoms with Gasteiger partial charge in [0.05, 0.1) is 11.5 Å². The van der Waals surface area contributed by atoms with Crippen LogP contribution >= 0.6 is 0 Å². The van der Waals surface area contributed by atoms with Gasteiger partial charge < -0.3 is 10.0 Å². The van der Waals surface area contributed by atoms with Crippen molar-refractivity contribution in [2.45, 2.75) is 46.1 Å². The summed E-state index contributed by atoms with van der Waals surface area (Å²) < 4.78 is 53.0. The maximum absolute atomic E-state index is 13.5. The Kier molecular flexibility index (Phi) is 5.95. The summed E-state index contributed by atoms with van der Waals surface area (Å²) in [5.41, 5.74) is -1.14. The molecule has 8 nitrogen and oxygen atoms in total. The number of piperidine rings is 1. The third kappa shape index (κ3) is 4.44. The van der Waals surface area contributed by atoms with Crippen LogP contribution in [0.4, 0.5) is 5.82 Å². The summed E-state index contributed by atoms with van der Waals surface area (Å²) in [4.78, 5) is 6.65. The zero-order valence-electron chi connectivity index (χ0n) is 20.3. The number of fused-ring (bicyclic) bond motifs is 1. The molecule has 3 fully saturated rings. The molecule has 0 amide bonds. The summed E-state index contributed by atoms with van der Waals surface area (Å²) >= 11 is 0. The van der Waals surface area contributed by atoms with Gasteiger partial charge in [-0.2, -0.15) is 4.31 Å². The Bertz CT molecular complexity index is 1100. The van der Waals surface area contributed by atoms with Crippen molar-refractivity contribution in [1.82, 2.24) is 9.29 Å². The topological polar surface area (TPSA) is 108 Å². The van der Waals surface area contributed by atoms with E-state index < -0.39 is 30.7 Å². The second kappa shape index (κ2) is 7.90. The first-order valence-corrected chi connectivity index (χ1v) is 14.9. The molecule has 1 aromatic heterocycles. The zero-order valence-corrected chi connectivity index (χ0v) is 21.9. The number of anilines is 1. The van der Waals surface area contributed by atoms with Gasteiger partial charge in [0.2, 0.25) is 0 Å². The molecule has 1 aromatic rings. The molecule has 3 saturated heterocycles. The van der Waals surface area contributed by atoms with E-state index in [4.69, 9.17) is 0 Å². The number of hydrogen-bond donors (Lipinski definition) is 1. The summed E-state index contributed by atoms with van der Waals surface area (Å²) in [5, 5.41) is 9.83. The Morgan fingerprint density at radius 1 is 1.12 bits per heavy atom. The van der Waals surface area contributed by atoms with Gasteiger partial charge in [0.15, 0.2) is 14.9 Å². The van der Waals surface area contributed by atoms with Crippen LogP contribution in [0.15, 0.2) is 23.2 Å². The van der Waals surface area contributed by atoms with Gasteiger partial charge in [-0.15, -0.1) is 0 Å². The second-order valence-electron chi connectivity index (χ2n) is 12.0. The van der Waals surface area contributed by atoms with Gasteiger partial charge in [-0.25, -0.2) is 21.8 Å². The smallest absolute Gasteiger partial charge is 0.260 e. The standard InChI is InChI=1S/C23H37N3O5S2/c1-21(2,3)18-9-17(12-27)10-25(11-18)19-7-6-8-20(24-19)33(30,31)26-13-22(4)15-32(28,29)16-23(22,5)14-26/h6-8,17-18,27H,9-16H2,1-5H3/t17-,18+,22-,23+/m0/s1. The first-order chi connectivity index (χ1) is 15.1. The molecule has 0 bridgehead atoms. The highest BCUT2D eigenvalue weighted by molar-refractivity contribution is 7.91. The fraction of sp³-hybridized carbons (Fsp3) is 0.783. The van der Waals surface area contributed by atoms with Gasteiger partial charge in [0, 0.05) is 43.6 Å². The number of sulfone groups is 1. The normalized spacial score (nSPS) is 35.0. The molecule has 3 aliphatic rings. The van der Waals surface area contributed by atoms with E-state index in [1.165, 1.54) is 10.4 Å². The molecule has 0 aromatic carbocycles. The van der Waals surface area contributed by atoms with Crippen LogP contribution < -0.4 is 4.90 Å². The van der Waals surface area contributed by atoms with Gasteiger partial charge in [0.1, 0.15) is 5.82 Å². The monoisotopic (exact) mass is 499 g/mol. The highest BCUT2D eigenvalue weighted by atomic mass is 32.2. The van der Waals surface area contributed by atoms with Crippen LogP contribution in [0.1, 0.15) is 41.0 Å². The van der Waals surface area contributed by atoms with E-state index in [2.05, 4.69) is 30.7 Å². The highest BCUT2D eigenvalue weighted by Crippen LogP contribution is 2.53. The van der Waals surface area contributed by atoms with Gasteiger partial charge in [-0.1, -0.05) is 40.7 Å². The molecular formula is C23H37N3O5S2. The predicted molar refractivity (Wildman–Crippen MR) is 128 cm³/mol. The molecular weight excluding hydrogens is 462 g/mol. The van der Waals surface area contributed by atoms with Crippen molar-refractivity contribution in [3.05, 3.63) is 18.2 Å². The van der Waals surface area contributed by atoms with E-state index in [0.717, 1.165) is 13.0 Å². The number of hydrogen-bond acceptors (Lipinski definition) is 7. The van der Waals surface area contributed by atoms with Crippen LogP contribution in [0.3, 0.4) is 0 Å². The van der Waals surface area contributed by atoms with Crippen molar-refractivity contribution in [3.63, 3.8) is 0 Å². The largest absolute Gasteiger partial charge is 0.396 e. The first kappa shape index (κ1) is 24.9. The maximum atomic E-state index is 13.5. The van der Waals surface area contributed by atoms with E-state index >= 15 is 0 Å². The Morgan fingerprint density at radius 2 is 1.73 bits per heavy atom. The molecule has 0 radical (unpaired) electrons. The molecule has 0 spiro atoms. The number of aliphatic hydroxyl groups is 1. The summed E-state index contributed by atoms with van der Waals surface area (Å²) in [6.07, 6.45) is 0.933. The number of pyridine rings is 1. The number of nitrogens with zero attached hydrogens (tertiary/aromatic N) is 3. The summed E-state index contributed by atoms with van der Waals surface area (Å²) in [6, 6.07) is 5.06. The summed E-state index contributed by atoms with van der Waals surface area (Å²) in [5.74, 6) is 1.10. The Labute approximate surface area is 198 Å². The third-order valence-corrected chi connectivity index (χ3v) is 12.1. The van der Waals surface area contributed by atoms with Crippen molar-refractivity contribution in [2.24, 2.45) is 28.1 Å². The van der Waals surface area contributed by atoms with Gasteiger partial charge >= 0.3 is 0 Å². The van der Waals surface area contributed by atoms with E-state index in [-0.39, 0.29) is 47.6 Å². The first-order valence-electron chi connectivity index (χ1n) is 11.6. The van der Waals surface area contributed by atoms with Gasteiger partial charge in [-0.05, 0) is 35.8 Å². The van der Waals surface area contributed by atoms with Crippen molar-refractivity contribution in [2.75, 3.05) is 49.2 Å². The lowest BCUT2D eigenvalue weighted by molar-refractivity contribution is 0.129. The molecule has 0 unspecified atom stereocenters. The molecule has 3 aliphatic heterocycles. The summed E-state index contributed by atoms with van der Waals surface area (Å²) in [7, 11) is -7.03. The lowest BCUT2D eigenvalue weighted by Crippen LogP contribution is -2.46. The Morgan fingerprint density at radius 3 is 2.27 bits per heavy atom. The Balaban J connectivity index is 1.60. The number of rotatable bonds is 4. The van der Waals surface area contributed by atoms with Crippen LogP contribution in [-0.4, -0.2) is 75.5 Å². The summed E-state index contributed by atoms with van der Waals surface area (Å²) in [6.45, 7) is 12.2. The van der Waals surface area contributed by atoms with Crippen LogP contribution in [0.5, 0.6) is 0 Å². The average Bonchev–Trinajstić information content (AvgIpc) is 3.06.